The molecule has 1 heterocycles. The Kier molecular flexibility index (Phi) is 4.36. The number of hydrogen-bond donors (Lipinski definition) is 2. The highest BCUT2D eigenvalue weighted by molar-refractivity contribution is 5.81. The van der Waals surface area contributed by atoms with Gasteiger partial charge in [-0.05, 0) is 37.5 Å². The van der Waals surface area contributed by atoms with Gasteiger partial charge in [-0.1, -0.05) is 12.8 Å². The average Bonchev–Trinajstić information content (AvgIpc) is 3.13. The van der Waals surface area contributed by atoms with E-state index in [1.54, 1.807) is 0 Å². The molecule has 0 aromatic heterocycles. The van der Waals surface area contributed by atoms with E-state index in [1.807, 2.05) is 7.05 Å². The summed E-state index contributed by atoms with van der Waals surface area (Å²) in [6.45, 7) is 3.72. The van der Waals surface area contributed by atoms with Gasteiger partial charge in [-0.25, -0.2) is 0 Å². The van der Waals surface area contributed by atoms with Gasteiger partial charge in [0.2, 0.25) is 5.91 Å². The van der Waals surface area contributed by atoms with Crippen LogP contribution >= 0.6 is 0 Å². The normalized spacial score (nSPS) is 24.6. The molecule has 0 atom stereocenters. The molecule has 5 heteroatoms. The predicted octanol–water partition coefficient (Wildman–Crippen LogP) is 1.35. The molecule has 1 amide bonds. The van der Waals surface area contributed by atoms with Crippen LogP contribution in [0.4, 0.5) is 0 Å². The summed E-state index contributed by atoms with van der Waals surface area (Å²) in [5.41, 5.74) is 0.567. The number of amides is 1. The summed E-state index contributed by atoms with van der Waals surface area (Å²) in [5, 5.41) is 6.38. The van der Waals surface area contributed by atoms with Crippen LogP contribution in [0.25, 0.3) is 0 Å². The maximum absolute atomic E-state index is 11.6. The minimum Gasteiger partial charge on any atom is -0.354 e. The van der Waals surface area contributed by atoms with Gasteiger partial charge in [-0.3, -0.25) is 9.79 Å². The van der Waals surface area contributed by atoms with Crippen LogP contribution in [0.1, 0.15) is 44.9 Å². The minimum absolute atomic E-state index is 0.220. The number of aliphatic imine (C=N–C) groups is 1. The molecule has 0 unspecified atom stereocenters. The molecule has 1 aliphatic heterocycles. The minimum atomic E-state index is 0.220. The lowest BCUT2D eigenvalue weighted by Gasteiger charge is -2.26. The number of hydrogen-bond acceptors (Lipinski definition) is 2. The molecular weight excluding hydrogens is 264 g/mol. The van der Waals surface area contributed by atoms with E-state index in [4.69, 9.17) is 0 Å². The molecule has 0 bridgehead atoms. The predicted molar refractivity (Wildman–Crippen MR) is 84.2 cm³/mol. The van der Waals surface area contributed by atoms with Crippen molar-refractivity contribution in [1.29, 1.82) is 0 Å². The molecule has 1 spiro atoms. The highest BCUT2D eigenvalue weighted by Crippen LogP contribution is 2.45. The van der Waals surface area contributed by atoms with Crippen molar-refractivity contribution in [3.63, 3.8) is 0 Å². The van der Waals surface area contributed by atoms with Crippen molar-refractivity contribution in [3.8, 4) is 0 Å². The lowest BCUT2D eigenvalue weighted by Crippen LogP contribution is -2.44. The fourth-order valence-electron chi connectivity index (χ4n) is 3.83. The van der Waals surface area contributed by atoms with Gasteiger partial charge in [0.05, 0.1) is 0 Å². The molecule has 1 saturated heterocycles. The van der Waals surface area contributed by atoms with Crippen LogP contribution in [0.2, 0.25) is 0 Å². The molecular formula is C16H28N4O. The SMILES string of the molecule is CN=C(NCCNC(=O)C1CC1)N1CCC2(CCCC2)C1. The Labute approximate surface area is 127 Å². The zero-order valence-corrected chi connectivity index (χ0v) is 13.2. The Morgan fingerprint density at radius 1 is 1.19 bits per heavy atom. The van der Waals surface area contributed by atoms with Gasteiger partial charge in [-0.15, -0.1) is 0 Å². The number of likely N-dealkylation sites (tertiary alicyclic amines) is 1. The van der Waals surface area contributed by atoms with Crippen LogP contribution in [0, 0.1) is 11.3 Å². The second-order valence-corrected chi connectivity index (χ2v) is 6.92. The van der Waals surface area contributed by atoms with Crippen molar-refractivity contribution in [1.82, 2.24) is 15.5 Å². The maximum Gasteiger partial charge on any atom is 0.223 e. The van der Waals surface area contributed by atoms with Crippen LogP contribution < -0.4 is 10.6 Å². The molecule has 3 rings (SSSR count). The molecule has 2 N–H and O–H groups in total. The van der Waals surface area contributed by atoms with Crippen molar-refractivity contribution in [2.24, 2.45) is 16.3 Å². The van der Waals surface area contributed by atoms with E-state index < -0.39 is 0 Å². The summed E-state index contributed by atoms with van der Waals surface area (Å²) in [6.07, 6.45) is 9.01. The van der Waals surface area contributed by atoms with Gasteiger partial charge >= 0.3 is 0 Å². The zero-order valence-electron chi connectivity index (χ0n) is 13.2. The Morgan fingerprint density at radius 3 is 2.57 bits per heavy atom. The third-order valence-electron chi connectivity index (χ3n) is 5.27. The molecule has 0 aromatic carbocycles. The van der Waals surface area contributed by atoms with Crippen LogP contribution in [0.15, 0.2) is 4.99 Å². The summed E-state index contributed by atoms with van der Waals surface area (Å²) in [4.78, 5) is 18.4. The van der Waals surface area contributed by atoms with Gasteiger partial charge < -0.3 is 15.5 Å². The van der Waals surface area contributed by atoms with Gasteiger partial charge in [0, 0.05) is 39.1 Å². The highest BCUT2D eigenvalue weighted by Gasteiger charge is 2.41. The Bertz CT molecular complexity index is 411. The van der Waals surface area contributed by atoms with Crippen molar-refractivity contribution in [3.05, 3.63) is 0 Å². The van der Waals surface area contributed by atoms with Gasteiger partial charge in [-0.2, -0.15) is 0 Å². The lowest BCUT2D eigenvalue weighted by molar-refractivity contribution is -0.122. The van der Waals surface area contributed by atoms with Crippen LogP contribution in [0.5, 0.6) is 0 Å². The first kappa shape index (κ1) is 14.7. The van der Waals surface area contributed by atoms with E-state index in [2.05, 4.69) is 20.5 Å². The Hall–Kier alpha value is -1.26. The number of carbonyl (C=O) groups excluding carboxylic acids is 1. The molecule has 0 aromatic rings. The number of rotatable bonds is 4. The van der Waals surface area contributed by atoms with Gasteiger partial charge in [0.25, 0.3) is 0 Å². The maximum atomic E-state index is 11.6. The average molecular weight is 292 g/mol. The second-order valence-electron chi connectivity index (χ2n) is 6.92. The molecule has 3 aliphatic rings. The first-order valence-electron chi connectivity index (χ1n) is 8.46. The summed E-state index contributed by atoms with van der Waals surface area (Å²) < 4.78 is 0. The third kappa shape index (κ3) is 3.50. The van der Waals surface area contributed by atoms with Gasteiger partial charge in [0.15, 0.2) is 5.96 Å². The van der Waals surface area contributed by atoms with Crippen molar-refractivity contribution < 1.29 is 4.79 Å². The van der Waals surface area contributed by atoms with Crippen LogP contribution in [-0.4, -0.2) is 50.0 Å². The van der Waals surface area contributed by atoms with Crippen LogP contribution in [-0.2, 0) is 4.79 Å². The van der Waals surface area contributed by atoms with E-state index >= 15 is 0 Å². The summed E-state index contributed by atoms with van der Waals surface area (Å²) in [6, 6.07) is 0. The summed E-state index contributed by atoms with van der Waals surface area (Å²) >= 11 is 0. The number of carbonyl (C=O) groups is 1. The number of guanidine groups is 1. The fraction of sp³-hybridized carbons (Fsp3) is 0.875. The molecule has 2 saturated carbocycles. The molecule has 2 aliphatic carbocycles. The largest absolute Gasteiger partial charge is 0.354 e. The molecule has 3 fully saturated rings. The Balaban J connectivity index is 1.40. The standard InChI is InChI=1S/C16H28N4O/c1-17-15(19-10-9-18-14(21)13-4-5-13)20-11-8-16(12-20)6-2-3-7-16/h13H,2-12H2,1H3,(H,17,19)(H,18,21). The monoisotopic (exact) mass is 292 g/mol. The summed E-state index contributed by atoms with van der Waals surface area (Å²) in [5.74, 6) is 1.52. The fourth-order valence-corrected chi connectivity index (χ4v) is 3.83. The van der Waals surface area contributed by atoms with Crippen molar-refractivity contribution in [2.75, 3.05) is 33.2 Å². The number of nitrogens with one attached hydrogen (secondary N) is 2. The van der Waals surface area contributed by atoms with E-state index in [0.29, 0.717) is 17.9 Å². The van der Waals surface area contributed by atoms with E-state index in [-0.39, 0.29) is 5.91 Å². The van der Waals surface area contributed by atoms with Crippen LogP contribution in [0.3, 0.4) is 0 Å². The van der Waals surface area contributed by atoms with E-state index in [1.165, 1.54) is 32.1 Å². The highest BCUT2D eigenvalue weighted by atomic mass is 16.2. The first-order valence-corrected chi connectivity index (χ1v) is 8.46. The quantitative estimate of drug-likeness (QED) is 0.467. The molecule has 118 valence electrons. The van der Waals surface area contributed by atoms with Gasteiger partial charge in [0.1, 0.15) is 0 Å². The first-order chi connectivity index (χ1) is 10.2. The lowest BCUT2D eigenvalue weighted by atomic mass is 9.86. The molecule has 21 heavy (non-hydrogen) atoms. The number of nitrogens with zero attached hydrogens (tertiary/aromatic N) is 2. The van der Waals surface area contributed by atoms with Crippen molar-refractivity contribution >= 4 is 11.9 Å². The Morgan fingerprint density at radius 2 is 1.90 bits per heavy atom. The van der Waals surface area contributed by atoms with E-state index in [9.17, 15) is 4.79 Å². The smallest absolute Gasteiger partial charge is 0.223 e. The molecule has 5 nitrogen and oxygen atoms in total. The van der Waals surface area contributed by atoms with E-state index in [0.717, 1.165) is 38.4 Å². The second kappa shape index (κ2) is 6.24. The molecule has 0 radical (unpaired) electrons. The summed E-state index contributed by atoms with van der Waals surface area (Å²) in [7, 11) is 1.85. The third-order valence-corrected chi connectivity index (χ3v) is 5.27. The van der Waals surface area contributed by atoms with Crippen molar-refractivity contribution in [2.45, 2.75) is 44.9 Å². The topological polar surface area (TPSA) is 56.7 Å². The zero-order chi connectivity index (χ0) is 14.7.